The summed E-state index contributed by atoms with van der Waals surface area (Å²) in [6.45, 7) is -0.787. The van der Waals surface area contributed by atoms with Crippen LogP contribution in [-0.2, 0) is 11.3 Å². The molecule has 0 aliphatic carbocycles. The molecule has 0 aromatic heterocycles. The minimum Gasteiger partial charge on any atom is -0.356 e. The molecule has 0 unspecified atom stereocenters. The van der Waals surface area contributed by atoms with Crippen LogP contribution in [0.1, 0.15) is 5.56 Å². The van der Waals surface area contributed by atoms with Gasteiger partial charge in [0.2, 0.25) is 6.10 Å². The maximum Gasteiger partial charge on any atom is 0.423 e. The van der Waals surface area contributed by atoms with Gasteiger partial charge in [-0.3, -0.25) is 0 Å². The highest BCUT2D eigenvalue weighted by molar-refractivity contribution is 9.10. The van der Waals surface area contributed by atoms with Crippen molar-refractivity contribution in [2.75, 3.05) is 0 Å². The molecule has 0 saturated heterocycles. The van der Waals surface area contributed by atoms with E-state index in [1.54, 1.807) is 6.07 Å². The third-order valence-electron chi connectivity index (χ3n) is 1.96. The predicted molar refractivity (Wildman–Crippen MR) is 54.8 cm³/mol. The average molecular weight is 337 g/mol. The number of ether oxygens (including phenoxy) is 1. The lowest BCUT2D eigenvalue weighted by atomic mass is 10.2. The van der Waals surface area contributed by atoms with E-state index >= 15 is 0 Å². The van der Waals surface area contributed by atoms with Gasteiger partial charge in [0.25, 0.3) is 0 Å². The van der Waals surface area contributed by atoms with Gasteiger partial charge < -0.3 is 4.74 Å². The lowest BCUT2D eigenvalue weighted by Crippen LogP contribution is -2.44. The standard InChI is InChI=1S/C10H7BrF6O/c11-7-4-2-1-3-6(7)5-18-8(9(12,13)14)10(15,16)17/h1-4,8H,5H2. The topological polar surface area (TPSA) is 9.23 Å². The Hall–Kier alpha value is -0.760. The molecular weight excluding hydrogens is 330 g/mol. The zero-order valence-corrected chi connectivity index (χ0v) is 10.2. The van der Waals surface area contributed by atoms with Gasteiger partial charge in [0.05, 0.1) is 6.61 Å². The first-order chi connectivity index (χ1) is 8.12. The fraction of sp³-hybridized carbons (Fsp3) is 0.400. The second-order valence-corrected chi connectivity index (χ2v) is 4.22. The van der Waals surface area contributed by atoms with Crippen LogP contribution < -0.4 is 0 Å². The van der Waals surface area contributed by atoms with E-state index in [4.69, 9.17) is 0 Å². The van der Waals surface area contributed by atoms with E-state index < -0.39 is 25.1 Å². The molecule has 0 spiro atoms. The van der Waals surface area contributed by atoms with Crippen LogP contribution in [0.15, 0.2) is 28.7 Å². The van der Waals surface area contributed by atoms with E-state index in [2.05, 4.69) is 20.7 Å². The molecule has 0 saturated carbocycles. The van der Waals surface area contributed by atoms with Crippen molar-refractivity contribution in [1.29, 1.82) is 0 Å². The molecule has 0 N–H and O–H groups in total. The summed E-state index contributed by atoms with van der Waals surface area (Å²) in [5.74, 6) is 0. The maximum atomic E-state index is 12.2. The van der Waals surface area contributed by atoms with Crippen LogP contribution in [0.5, 0.6) is 0 Å². The quantitative estimate of drug-likeness (QED) is 0.740. The summed E-state index contributed by atoms with van der Waals surface area (Å²) < 4.78 is 77.3. The van der Waals surface area contributed by atoms with E-state index in [0.29, 0.717) is 4.47 Å². The molecule has 0 aliphatic rings. The van der Waals surface area contributed by atoms with E-state index in [9.17, 15) is 26.3 Å². The molecule has 0 aliphatic heterocycles. The van der Waals surface area contributed by atoms with Crippen molar-refractivity contribution in [3.63, 3.8) is 0 Å². The number of benzene rings is 1. The van der Waals surface area contributed by atoms with Crippen LogP contribution in [0.25, 0.3) is 0 Å². The lowest BCUT2D eigenvalue weighted by Gasteiger charge is -2.23. The second kappa shape index (κ2) is 5.48. The minimum atomic E-state index is -5.49. The molecule has 18 heavy (non-hydrogen) atoms. The van der Waals surface area contributed by atoms with Crippen LogP contribution in [0, 0.1) is 0 Å². The van der Waals surface area contributed by atoms with Crippen molar-refractivity contribution < 1.29 is 31.1 Å². The zero-order chi connectivity index (χ0) is 14.0. The fourth-order valence-corrected chi connectivity index (χ4v) is 1.56. The summed E-state index contributed by atoms with van der Waals surface area (Å²) in [5.41, 5.74) is 0.205. The van der Waals surface area contributed by atoms with Crippen molar-refractivity contribution >= 4 is 15.9 Å². The van der Waals surface area contributed by atoms with E-state index in [-0.39, 0.29) is 5.56 Å². The Morgan fingerprint density at radius 1 is 1.00 bits per heavy atom. The van der Waals surface area contributed by atoms with Gasteiger partial charge in [-0.1, -0.05) is 34.1 Å². The smallest absolute Gasteiger partial charge is 0.356 e. The first-order valence-electron chi connectivity index (χ1n) is 4.61. The highest BCUT2D eigenvalue weighted by Crippen LogP contribution is 2.36. The van der Waals surface area contributed by atoms with Crippen molar-refractivity contribution in [3.8, 4) is 0 Å². The van der Waals surface area contributed by atoms with E-state index in [0.717, 1.165) is 0 Å². The van der Waals surface area contributed by atoms with Gasteiger partial charge in [-0.25, -0.2) is 0 Å². The second-order valence-electron chi connectivity index (χ2n) is 3.37. The molecule has 0 bridgehead atoms. The number of hydrogen-bond donors (Lipinski definition) is 0. The highest BCUT2D eigenvalue weighted by Gasteiger charge is 2.57. The monoisotopic (exact) mass is 336 g/mol. The third kappa shape index (κ3) is 4.16. The van der Waals surface area contributed by atoms with Gasteiger partial charge in [0, 0.05) is 4.47 Å². The molecule has 0 heterocycles. The molecule has 1 nitrogen and oxygen atoms in total. The summed E-state index contributed by atoms with van der Waals surface area (Å²) in [6.07, 6.45) is -14.8. The van der Waals surface area contributed by atoms with Crippen LogP contribution in [0.3, 0.4) is 0 Å². The highest BCUT2D eigenvalue weighted by atomic mass is 79.9. The Bertz CT molecular complexity index is 386. The first kappa shape index (κ1) is 15.3. The molecule has 1 aromatic carbocycles. The Labute approximate surface area is 107 Å². The SMILES string of the molecule is FC(F)(F)C(OCc1ccccc1Br)C(F)(F)F. The zero-order valence-electron chi connectivity index (χ0n) is 8.65. The van der Waals surface area contributed by atoms with Gasteiger partial charge in [0.15, 0.2) is 0 Å². The van der Waals surface area contributed by atoms with Gasteiger partial charge in [-0.2, -0.15) is 26.3 Å². The molecule has 8 heteroatoms. The Morgan fingerprint density at radius 2 is 1.50 bits per heavy atom. The van der Waals surface area contributed by atoms with Crippen molar-refractivity contribution in [1.82, 2.24) is 0 Å². The maximum absolute atomic E-state index is 12.2. The van der Waals surface area contributed by atoms with Gasteiger partial charge in [-0.05, 0) is 11.6 Å². The fourth-order valence-electron chi connectivity index (χ4n) is 1.16. The third-order valence-corrected chi connectivity index (χ3v) is 2.73. The van der Waals surface area contributed by atoms with Crippen molar-refractivity contribution in [3.05, 3.63) is 34.3 Å². The van der Waals surface area contributed by atoms with E-state index in [1.807, 2.05) is 0 Å². The molecule has 0 amide bonds. The Balaban J connectivity index is 2.79. The summed E-state index contributed by atoms with van der Waals surface area (Å²) in [5, 5.41) is 0. The molecule has 0 atom stereocenters. The number of halogens is 7. The summed E-state index contributed by atoms with van der Waals surface area (Å²) in [7, 11) is 0. The van der Waals surface area contributed by atoms with Gasteiger partial charge in [-0.15, -0.1) is 0 Å². The van der Waals surface area contributed by atoms with Crippen LogP contribution in [0.2, 0.25) is 0 Å². The van der Waals surface area contributed by atoms with Crippen molar-refractivity contribution in [2.45, 2.75) is 25.1 Å². The molecule has 1 rings (SSSR count). The Kier molecular flexibility index (Phi) is 4.66. The normalized spacial score (nSPS) is 13.1. The number of rotatable bonds is 3. The number of hydrogen-bond acceptors (Lipinski definition) is 1. The lowest BCUT2D eigenvalue weighted by molar-refractivity contribution is -0.324. The minimum absolute atomic E-state index is 0.205. The summed E-state index contributed by atoms with van der Waals surface area (Å²) >= 11 is 3.00. The largest absolute Gasteiger partial charge is 0.423 e. The Morgan fingerprint density at radius 3 is 1.94 bits per heavy atom. The van der Waals surface area contributed by atoms with Crippen LogP contribution in [-0.4, -0.2) is 18.5 Å². The van der Waals surface area contributed by atoms with E-state index in [1.165, 1.54) is 18.2 Å². The summed E-state index contributed by atoms with van der Waals surface area (Å²) in [4.78, 5) is 0. The summed E-state index contributed by atoms with van der Waals surface area (Å²) in [6, 6.07) is 5.93. The molecular formula is C10H7BrF6O. The number of alkyl halides is 6. The molecule has 0 radical (unpaired) electrons. The molecule has 102 valence electrons. The van der Waals surface area contributed by atoms with Crippen LogP contribution in [0.4, 0.5) is 26.3 Å². The molecule has 0 fully saturated rings. The predicted octanol–water partition coefficient (Wildman–Crippen LogP) is 4.46. The van der Waals surface area contributed by atoms with Crippen molar-refractivity contribution in [2.24, 2.45) is 0 Å². The average Bonchev–Trinajstić information content (AvgIpc) is 2.17. The van der Waals surface area contributed by atoms with Gasteiger partial charge in [0.1, 0.15) is 0 Å². The first-order valence-corrected chi connectivity index (χ1v) is 5.40. The molecule has 1 aromatic rings. The van der Waals surface area contributed by atoms with Crippen LogP contribution >= 0.6 is 15.9 Å². The van der Waals surface area contributed by atoms with Gasteiger partial charge >= 0.3 is 12.4 Å².